The molecule has 0 aliphatic heterocycles. The largest absolute Gasteiger partial charge is 0.416 e. The van der Waals surface area contributed by atoms with Gasteiger partial charge in [0.05, 0.1) is 10.6 Å². The van der Waals surface area contributed by atoms with E-state index >= 15 is 0 Å². The Kier molecular flexibility index (Phi) is 4.91. The predicted octanol–water partition coefficient (Wildman–Crippen LogP) is 5.74. The Labute approximate surface area is 131 Å². The second-order valence-electron chi connectivity index (χ2n) is 4.93. The fourth-order valence-corrected chi connectivity index (χ4v) is 2.61. The zero-order valence-corrected chi connectivity index (χ0v) is 12.6. The van der Waals surface area contributed by atoms with E-state index in [2.05, 4.69) is 0 Å². The van der Waals surface area contributed by atoms with Gasteiger partial charge < -0.3 is 0 Å². The minimum Gasteiger partial charge on any atom is -0.293 e. The van der Waals surface area contributed by atoms with E-state index in [0.717, 1.165) is 23.8 Å². The van der Waals surface area contributed by atoms with Crippen LogP contribution >= 0.6 is 11.6 Å². The molecule has 22 heavy (non-hydrogen) atoms. The molecular formula is C17H14ClF3O. The maximum absolute atomic E-state index is 12.6. The van der Waals surface area contributed by atoms with E-state index in [9.17, 15) is 18.0 Å². The number of benzene rings is 2. The molecule has 0 aliphatic carbocycles. The van der Waals surface area contributed by atoms with Crippen molar-refractivity contribution < 1.29 is 18.0 Å². The molecule has 0 amide bonds. The lowest BCUT2D eigenvalue weighted by molar-refractivity contribution is -0.137. The number of halogens is 4. The van der Waals surface area contributed by atoms with Crippen LogP contribution in [0.4, 0.5) is 13.2 Å². The zero-order chi connectivity index (χ0) is 16.3. The molecule has 0 saturated heterocycles. The predicted molar refractivity (Wildman–Crippen MR) is 80.3 cm³/mol. The fourth-order valence-electron chi connectivity index (χ4n) is 2.34. The minimum absolute atomic E-state index is 0.116. The van der Waals surface area contributed by atoms with Gasteiger partial charge in [0.1, 0.15) is 0 Å². The van der Waals surface area contributed by atoms with Crippen molar-refractivity contribution >= 4 is 17.4 Å². The highest BCUT2D eigenvalue weighted by Gasteiger charge is 2.32. The molecule has 1 atom stereocenters. The number of Topliss-reactive ketones (excluding diaryl/α,β-unsaturated/α-hetero) is 1. The Morgan fingerprint density at radius 1 is 1.14 bits per heavy atom. The summed E-state index contributed by atoms with van der Waals surface area (Å²) in [7, 11) is 0. The van der Waals surface area contributed by atoms with Gasteiger partial charge in [-0.3, -0.25) is 4.79 Å². The molecule has 2 aromatic rings. The topological polar surface area (TPSA) is 17.1 Å². The summed E-state index contributed by atoms with van der Waals surface area (Å²) in [5.74, 6) is -0.692. The number of carbonyl (C=O) groups is 1. The van der Waals surface area contributed by atoms with Gasteiger partial charge in [-0.25, -0.2) is 0 Å². The maximum Gasteiger partial charge on any atom is 0.416 e. The van der Waals surface area contributed by atoms with E-state index in [1.54, 1.807) is 0 Å². The van der Waals surface area contributed by atoms with Crippen LogP contribution in [0, 0.1) is 0 Å². The van der Waals surface area contributed by atoms with Crippen LogP contribution in [0.5, 0.6) is 0 Å². The normalized spacial score (nSPS) is 13.0. The Morgan fingerprint density at radius 3 is 2.27 bits per heavy atom. The van der Waals surface area contributed by atoms with Gasteiger partial charge in [-0.05, 0) is 30.2 Å². The van der Waals surface area contributed by atoms with Crippen molar-refractivity contribution in [2.24, 2.45) is 0 Å². The molecule has 5 heteroatoms. The highest BCUT2D eigenvalue weighted by atomic mass is 35.5. The van der Waals surface area contributed by atoms with Gasteiger partial charge in [0.15, 0.2) is 5.78 Å². The van der Waals surface area contributed by atoms with Crippen LogP contribution in [0.3, 0.4) is 0 Å². The van der Waals surface area contributed by atoms with Gasteiger partial charge in [-0.15, -0.1) is 0 Å². The first kappa shape index (κ1) is 16.6. The summed E-state index contributed by atoms with van der Waals surface area (Å²) < 4.78 is 37.9. The van der Waals surface area contributed by atoms with Gasteiger partial charge in [0, 0.05) is 11.5 Å². The van der Waals surface area contributed by atoms with Crippen molar-refractivity contribution in [3.8, 4) is 0 Å². The standard InChI is InChI=1S/C17H14ClF3O/c1-2-13(11-6-4-3-5-7-11)16(22)14-9-8-12(10-15(14)18)17(19,20)21/h3-10,13H,2H2,1H3. The smallest absolute Gasteiger partial charge is 0.293 e. The van der Waals surface area contributed by atoms with Crippen LogP contribution in [0.2, 0.25) is 5.02 Å². The number of rotatable bonds is 4. The first-order chi connectivity index (χ1) is 10.3. The Hall–Kier alpha value is -1.81. The molecule has 1 unspecified atom stereocenters. The molecule has 2 aromatic carbocycles. The Balaban J connectivity index is 2.37. The van der Waals surface area contributed by atoms with Gasteiger partial charge in [0.2, 0.25) is 0 Å². The third-order valence-corrected chi connectivity index (χ3v) is 3.80. The van der Waals surface area contributed by atoms with Crippen molar-refractivity contribution in [1.82, 2.24) is 0 Å². The fraction of sp³-hybridized carbons (Fsp3) is 0.235. The average Bonchev–Trinajstić information content (AvgIpc) is 2.48. The summed E-state index contributed by atoms with van der Waals surface area (Å²) in [6, 6.07) is 12.0. The van der Waals surface area contributed by atoms with Crippen LogP contribution in [0.1, 0.15) is 40.7 Å². The lowest BCUT2D eigenvalue weighted by Crippen LogP contribution is -2.14. The molecule has 0 heterocycles. The molecule has 116 valence electrons. The molecular weight excluding hydrogens is 313 g/mol. The molecule has 0 N–H and O–H groups in total. The van der Waals surface area contributed by atoms with Crippen molar-refractivity contribution in [1.29, 1.82) is 0 Å². The van der Waals surface area contributed by atoms with E-state index in [1.165, 1.54) is 0 Å². The summed E-state index contributed by atoms with van der Waals surface area (Å²) in [4.78, 5) is 12.6. The maximum atomic E-state index is 12.6. The van der Waals surface area contributed by atoms with Crippen LogP contribution in [0.25, 0.3) is 0 Å². The van der Waals surface area contributed by atoms with Crippen LogP contribution in [-0.2, 0) is 6.18 Å². The van der Waals surface area contributed by atoms with E-state index in [1.807, 2.05) is 37.3 Å². The number of hydrogen-bond acceptors (Lipinski definition) is 1. The molecule has 0 fully saturated rings. The van der Waals surface area contributed by atoms with Crippen molar-refractivity contribution in [3.63, 3.8) is 0 Å². The average molecular weight is 327 g/mol. The van der Waals surface area contributed by atoms with Crippen LogP contribution < -0.4 is 0 Å². The number of hydrogen-bond donors (Lipinski definition) is 0. The molecule has 1 nitrogen and oxygen atoms in total. The molecule has 0 aromatic heterocycles. The van der Waals surface area contributed by atoms with E-state index in [0.29, 0.717) is 6.42 Å². The third kappa shape index (κ3) is 3.50. The van der Waals surface area contributed by atoms with Crippen molar-refractivity contribution in [3.05, 3.63) is 70.2 Å². The van der Waals surface area contributed by atoms with Gasteiger partial charge in [-0.1, -0.05) is 48.9 Å². The first-order valence-corrected chi connectivity index (χ1v) is 7.18. The second-order valence-corrected chi connectivity index (χ2v) is 5.34. The van der Waals surface area contributed by atoms with Gasteiger partial charge in [0.25, 0.3) is 0 Å². The van der Waals surface area contributed by atoms with Crippen molar-refractivity contribution in [2.75, 3.05) is 0 Å². The highest BCUT2D eigenvalue weighted by molar-refractivity contribution is 6.34. The Morgan fingerprint density at radius 2 is 1.77 bits per heavy atom. The van der Waals surface area contributed by atoms with E-state index < -0.39 is 17.7 Å². The summed E-state index contributed by atoms with van der Waals surface area (Å²) in [6.45, 7) is 1.85. The SMILES string of the molecule is CCC(C(=O)c1ccc(C(F)(F)F)cc1Cl)c1ccccc1. The second kappa shape index (κ2) is 6.53. The van der Waals surface area contributed by atoms with Crippen LogP contribution in [-0.4, -0.2) is 5.78 Å². The zero-order valence-electron chi connectivity index (χ0n) is 11.8. The minimum atomic E-state index is -4.48. The highest BCUT2D eigenvalue weighted by Crippen LogP contribution is 2.34. The number of alkyl halides is 3. The van der Waals surface area contributed by atoms with Gasteiger partial charge in [-0.2, -0.15) is 13.2 Å². The summed E-state index contributed by atoms with van der Waals surface area (Å²) in [5, 5.41) is -0.172. The van der Waals surface area contributed by atoms with Crippen molar-refractivity contribution in [2.45, 2.75) is 25.4 Å². The number of carbonyl (C=O) groups excluding carboxylic acids is 1. The summed E-state index contributed by atoms with van der Waals surface area (Å²) >= 11 is 5.90. The first-order valence-electron chi connectivity index (χ1n) is 6.80. The number of ketones is 1. The third-order valence-electron chi connectivity index (χ3n) is 3.49. The molecule has 2 rings (SSSR count). The van der Waals surface area contributed by atoms with E-state index in [4.69, 9.17) is 11.6 Å². The van der Waals surface area contributed by atoms with Gasteiger partial charge >= 0.3 is 6.18 Å². The molecule has 0 bridgehead atoms. The summed E-state index contributed by atoms with van der Waals surface area (Å²) in [6.07, 6.45) is -3.94. The molecule has 0 spiro atoms. The lowest BCUT2D eigenvalue weighted by Gasteiger charge is -2.16. The molecule has 0 radical (unpaired) electrons. The quantitative estimate of drug-likeness (QED) is 0.655. The Bertz CT molecular complexity index is 665. The van der Waals surface area contributed by atoms with Crippen LogP contribution in [0.15, 0.2) is 48.5 Å². The molecule has 0 saturated carbocycles. The van der Waals surface area contributed by atoms with E-state index in [-0.39, 0.29) is 16.4 Å². The molecule has 0 aliphatic rings. The monoisotopic (exact) mass is 326 g/mol. The summed E-state index contributed by atoms with van der Waals surface area (Å²) in [5.41, 5.74) is 0.0816. The lowest BCUT2D eigenvalue weighted by atomic mass is 9.88.